The highest BCUT2D eigenvalue weighted by molar-refractivity contribution is 7.91. The number of urea groups is 1. The lowest BCUT2D eigenvalue weighted by molar-refractivity contribution is 0.200. The Morgan fingerprint density at radius 2 is 1.93 bits per heavy atom. The Morgan fingerprint density at radius 1 is 1.24 bits per heavy atom. The molecule has 1 aromatic heterocycles. The highest BCUT2D eigenvalue weighted by Crippen LogP contribution is 2.38. The summed E-state index contributed by atoms with van der Waals surface area (Å²) in [5.41, 5.74) is 11.6. The molecule has 5 rings (SSSR count). The summed E-state index contributed by atoms with van der Waals surface area (Å²) in [7, 11) is -3.63. The zero-order valence-electron chi connectivity index (χ0n) is 16.0. The van der Waals surface area contributed by atoms with E-state index in [1.165, 1.54) is 33.1 Å². The minimum Gasteiger partial charge on any atom is -0.475 e. The number of nitrogens with one attached hydrogen (secondary N) is 3. The number of fused-ring (bicyclic) bond motifs is 3. The van der Waals surface area contributed by atoms with E-state index in [1.807, 2.05) is 0 Å². The summed E-state index contributed by atoms with van der Waals surface area (Å²) < 4.78 is 30.6. The molecule has 29 heavy (non-hydrogen) atoms. The number of nitrogens with zero attached hydrogens (tertiary/aromatic N) is 2. The van der Waals surface area contributed by atoms with Crippen molar-refractivity contribution in [3.05, 3.63) is 34.5 Å². The monoisotopic (exact) mass is 416 g/mol. The number of anilines is 1. The lowest BCUT2D eigenvalue weighted by Gasteiger charge is -2.22. The normalized spacial score (nSPS) is 21.5. The molecule has 3 aliphatic rings. The van der Waals surface area contributed by atoms with Gasteiger partial charge in [-0.15, -0.1) is 0 Å². The Kier molecular flexibility index (Phi) is 4.28. The average molecular weight is 417 g/mol. The first-order valence-electron chi connectivity index (χ1n) is 9.90. The number of aromatic nitrogens is 2. The molecule has 5 N–H and O–H groups in total. The highest BCUT2D eigenvalue weighted by atomic mass is 32.2. The van der Waals surface area contributed by atoms with E-state index in [1.54, 1.807) is 0 Å². The molecule has 0 radical (unpaired) electrons. The van der Waals surface area contributed by atoms with Gasteiger partial charge in [0.15, 0.2) is 9.92 Å². The molecule has 0 fully saturated rings. The van der Waals surface area contributed by atoms with Crippen molar-refractivity contribution in [3.63, 3.8) is 0 Å². The fraction of sp³-hybridized carbons (Fsp3) is 0.474. The third-order valence-electron chi connectivity index (χ3n) is 5.86. The Balaban J connectivity index is 1.40. The zero-order chi connectivity index (χ0) is 20.2. The van der Waals surface area contributed by atoms with Crippen LogP contribution in [0, 0.1) is 4.78 Å². The van der Waals surface area contributed by atoms with E-state index in [4.69, 9.17) is 15.3 Å². The Morgan fingerprint density at radius 3 is 2.62 bits per heavy atom. The van der Waals surface area contributed by atoms with Gasteiger partial charge in [-0.05, 0) is 60.8 Å². The first-order valence-corrected chi connectivity index (χ1v) is 11.5. The van der Waals surface area contributed by atoms with E-state index in [2.05, 4.69) is 21.2 Å². The van der Waals surface area contributed by atoms with Crippen molar-refractivity contribution >= 4 is 21.6 Å². The van der Waals surface area contributed by atoms with Gasteiger partial charge in [0.25, 0.3) is 0 Å². The van der Waals surface area contributed by atoms with Crippen LogP contribution in [0.1, 0.15) is 35.1 Å². The Labute approximate surface area is 169 Å². The van der Waals surface area contributed by atoms with Gasteiger partial charge in [0.2, 0.25) is 5.88 Å². The summed E-state index contributed by atoms with van der Waals surface area (Å²) in [5.74, 6) is 0.230. The standard InChI is InChI=1S/C19H24N6O3S/c20-13-9-25-18(28-10-13)16(8-22-25)29(21,27)24-19(26)23-17-14-5-1-3-11(14)7-12-4-2-6-15(12)17/h7-8,13H,1-6,9-10,20H2,(H3,21,23,24,26,27)/t13-,29+/m0/s1. The van der Waals surface area contributed by atoms with Crippen molar-refractivity contribution in [3.8, 4) is 5.88 Å². The molecular formula is C19H24N6O3S. The Hall–Kier alpha value is -2.59. The van der Waals surface area contributed by atoms with Gasteiger partial charge in [0.1, 0.15) is 11.5 Å². The van der Waals surface area contributed by atoms with Crippen molar-refractivity contribution in [2.24, 2.45) is 5.73 Å². The van der Waals surface area contributed by atoms with Gasteiger partial charge in [-0.1, -0.05) is 6.07 Å². The molecule has 0 unspecified atom stereocenters. The number of aryl methyl sites for hydroxylation is 2. The van der Waals surface area contributed by atoms with Crippen molar-refractivity contribution in [2.75, 3.05) is 11.9 Å². The number of benzene rings is 1. The predicted octanol–water partition coefficient (Wildman–Crippen LogP) is 1.72. The molecule has 9 nitrogen and oxygen atoms in total. The van der Waals surface area contributed by atoms with Crippen LogP contribution < -0.4 is 20.5 Å². The third kappa shape index (κ3) is 3.16. The zero-order valence-corrected chi connectivity index (χ0v) is 16.8. The SMILES string of the molecule is N=[S@@](=O)(NC(=O)Nc1c2c(cc3c1CCC3)CCC2)c1cnn2c1OC[C@@H](N)C2. The molecule has 2 aromatic rings. The van der Waals surface area contributed by atoms with E-state index < -0.39 is 15.9 Å². The van der Waals surface area contributed by atoms with E-state index in [0.717, 1.165) is 44.2 Å². The lowest BCUT2D eigenvalue weighted by atomic mass is 9.99. The number of hydrogen-bond donors (Lipinski definition) is 4. The van der Waals surface area contributed by atoms with E-state index in [0.29, 0.717) is 6.54 Å². The first-order chi connectivity index (χ1) is 13.9. The van der Waals surface area contributed by atoms with Crippen LogP contribution in [0.5, 0.6) is 5.88 Å². The maximum atomic E-state index is 13.0. The quantitative estimate of drug-likeness (QED) is 0.604. The van der Waals surface area contributed by atoms with E-state index in [9.17, 15) is 9.00 Å². The van der Waals surface area contributed by atoms with Gasteiger partial charge < -0.3 is 15.8 Å². The third-order valence-corrected chi connectivity index (χ3v) is 7.23. The second-order valence-electron chi connectivity index (χ2n) is 7.91. The van der Waals surface area contributed by atoms with Crippen LogP contribution in [0.25, 0.3) is 0 Å². The molecule has 0 bridgehead atoms. The lowest BCUT2D eigenvalue weighted by Crippen LogP contribution is -2.38. The van der Waals surface area contributed by atoms with Crippen LogP contribution in [0.2, 0.25) is 0 Å². The topological polar surface area (TPSA) is 135 Å². The number of hydrogen-bond acceptors (Lipinski definition) is 6. The molecule has 154 valence electrons. The number of nitrogens with two attached hydrogens (primary N) is 1. The van der Waals surface area contributed by atoms with Crippen LogP contribution in [0.15, 0.2) is 17.2 Å². The van der Waals surface area contributed by atoms with Gasteiger partial charge in [-0.3, -0.25) is 0 Å². The molecule has 0 saturated heterocycles. The van der Waals surface area contributed by atoms with Crippen molar-refractivity contribution in [1.29, 1.82) is 4.78 Å². The van der Waals surface area contributed by atoms with Crippen LogP contribution in [-0.2, 0) is 42.1 Å². The maximum absolute atomic E-state index is 13.0. The highest BCUT2D eigenvalue weighted by Gasteiger charge is 2.29. The number of ether oxygens (including phenoxy) is 1. The first kappa shape index (κ1) is 18.4. The van der Waals surface area contributed by atoms with Crippen LogP contribution in [0.3, 0.4) is 0 Å². The Bertz CT molecular complexity index is 1080. The molecule has 2 heterocycles. The number of amides is 2. The van der Waals surface area contributed by atoms with E-state index in [-0.39, 0.29) is 23.4 Å². The second-order valence-corrected chi connectivity index (χ2v) is 9.67. The van der Waals surface area contributed by atoms with E-state index >= 15 is 0 Å². The van der Waals surface area contributed by atoms with Gasteiger partial charge in [-0.25, -0.2) is 23.2 Å². The molecule has 2 amide bonds. The summed E-state index contributed by atoms with van der Waals surface area (Å²) in [6, 6.07) is 1.42. The summed E-state index contributed by atoms with van der Waals surface area (Å²) in [4.78, 5) is 12.8. The van der Waals surface area contributed by atoms with Gasteiger partial charge >= 0.3 is 6.03 Å². The second kappa shape index (κ2) is 6.74. The summed E-state index contributed by atoms with van der Waals surface area (Å²) in [5, 5.41) is 7.01. The van der Waals surface area contributed by atoms with Crippen LogP contribution in [0.4, 0.5) is 10.5 Å². The summed E-state index contributed by atoms with van der Waals surface area (Å²) in [6.45, 7) is 0.669. The minimum absolute atomic E-state index is 0.0584. The van der Waals surface area contributed by atoms with Gasteiger partial charge in [0, 0.05) is 5.69 Å². The largest absolute Gasteiger partial charge is 0.475 e. The molecule has 1 aromatic carbocycles. The maximum Gasteiger partial charge on any atom is 0.331 e. The summed E-state index contributed by atoms with van der Waals surface area (Å²) >= 11 is 0. The molecule has 0 spiro atoms. The number of carbonyl (C=O) groups is 1. The summed E-state index contributed by atoms with van der Waals surface area (Å²) in [6.07, 6.45) is 7.36. The molecule has 2 atom stereocenters. The molecular weight excluding hydrogens is 392 g/mol. The van der Waals surface area contributed by atoms with Crippen molar-refractivity contribution in [1.82, 2.24) is 14.5 Å². The number of rotatable bonds is 3. The predicted molar refractivity (Wildman–Crippen MR) is 107 cm³/mol. The average Bonchev–Trinajstić information content (AvgIpc) is 3.39. The van der Waals surface area contributed by atoms with Crippen molar-refractivity contribution < 1.29 is 13.7 Å². The fourth-order valence-electron chi connectivity index (χ4n) is 4.58. The van der Waals surface area contributed by atoms with Crippen LogP contribution >= 0.6 is 0 Å². The molecule has 2 aliphatic carbocycles. The molecule has 0 saturated carbocycles. The number of carbonyl (C=O) groups excluding carboxylic acids is 1. The fourth-order valence-corrected chi connectivity index (χ4v) is 5.61. The minimum atomic E-state index is -3.63. The molecule has 10 heteroatoms. The van der Waals surface area contributed by atoms with Crippen LogP contribution in [-0.4, -0.2) is 32.7 Å². The van der Waals surface area contributed by atoms with Crippen molar-refractivity contribution in [2.45, 2.75) is 56.0 Å². The smallest absolute Gasteiger partial charge is 0.331 e. The van der Waals surface area contributed by atoms with Gasteiger partial charge in [0.05, 0.1) is 18.8 Å². The molecule has 1 aliphatic heterocycles. The van der Waals surface area contributed by atoms with Gasteiger partial charge in [-0.2, -0.15) is 5.10 Å².